The van der Waals surface area contributed by atoms with E-state index in [0.717, 1.165) is 11.1 Å². The molecule has 4 N–H and O–H groups in total. The van der Waals surface area contributed by atoms with Crippen LogP contribution in [0.1, 0.15) is 35.8 Å². The predicted octanol–water partition coefficient (Wildman–Crippen LogP) is 1.48. The highest BCUT2D eigenvalue weighted by atomic mass is 16.5. The number of likely N-dealkylation sites (N-methyl/N-ethyl adjacent to an activating group) is 1. The zero-order chi connectivity index (χ0) is 16.8. The Labute approximate surface area is 135 Å². The largest absolute Gasteiger partial charge is 0.352 e. The number of nitrogens with two attached hydrogens (primary N) is 1. The van der Waals surface area contributed by atoms with Crippen LogP contribution in [0.5, 0.6) is 0 Å². The molecule has 0 radical (unpaired) electrons. The second-order valence-electron chi connectivity index (χ2n) is 5.62. The number of aromatic nitrogens is 2. The number of amides is 2. The zero-order valence-corrected chi connectivity index (χ0v) is 13.7. The lowest BCUT2D eigenvalue weighted by Crippen LogP contribution is -2.34. The van der Waals surface area contributed by atoms with Gasteiger partial charge in [0.1, 0.15) is 0 Å². The number of hydrogen-bond donors (Lipinski definition) is 3. The lowest BCUT2D eigenvalue weighted by molar-refractivity contribution is 0.244. The minimum Gasteiger partial charge on any atom is -0.352 e. The SMILES string of the molecule is CNC(C)Cc1noc(CC(NC(N)=O)c2ccccc2C)n1. The summed E-state index contributed by atoms with van der Waals surface area (Å²) in [6, 6.07) is 7.19. The Hall–Kier alpha value is -2.41. The summed E-state index contributed by atoms with van der Waals surface area (Å²) in [6.45, 7) is 4.03. The normalized spacial score (nSPS) is 13.5. The molecule has 0 aliphatic rings. The van der Waals surface area contributed by atoms with Crippen molar-refractivity contribution in [1.82, 2.24) is 20.8 Å². The van der Waals surface area contributed by atoms with Crippen LogP contribution in [-0.2, 0) is 12.8 Å². The first-order valence-electron chi connectivity index (χ1n) is 7.59. The second kappa shape index (κ2) is 7.73. The average Bonchev–Trinajstić information content (AvgIpc) is 2.93. The quantitative estimate of drug-likeness (QED) is 0.717. The highest BCUT2D eigenvalue weighted by Crippen LogP contribution is 2.21. The number of carbonyl (C=O) groups excluding carboxylic acids is 1. The molecule has 7 heteroatoms. The summed E-state index contributed by atoms with van der Waals surface area (Å²) < 4.78 is 5.30. The smallest absolute Gasteiger partial charge is 0.312 e. The molecule has 23 heavy (non-hydrogen) atoms. The maximum Gasteiger partial charge on any atom is 0.312 e. The Bertz CT molecular complexity index is 655. The van der Waals surface area contributed by atoms with Crippen LogP contribution in [0.2, 0.25) is 0 Å². The number of hydrogen-bond acceptors (Lipinski definition) is 5. The number of primary amides is 1. The minimum atomic E-state index is -0.582. The highest BCUT2D eigenvalue weighted by Gasteiger charge is 2.19. The van der Waals surface area contributed by atoms with Crippen LogP contribution in [0.25, 0.3) is 0 Å². The van der Waals surface area contributed by atoms with Crippen LogP contribution in [0.15, 0.2) is 28.8 Å². The number of aryl methyl sites for hydroxylation is 1. The van der Waals surface area contributed by atoms with Crippen molar-refractivity contribution < 1.29 is 9.32 Å². The van der Waals surface area contributed by atoms with Gasteiger partial charge in [0, 0.05) is 12.5 Å². The standard InChI is InChI=1S/C16H23N5O2/c1-10-6-4-5-7-12(10)13(19-16(17)22)9-15-20-14(21-23-15)8-11(2)18-3/h4-7,11,13,18H,8-9H2,1-3H3,(H3,17,19,22). The Morgan fingerprint density at radius 2 is 2.09 bits per heavy atom. The molecule has 0 spiro atoms. The monoisotopic (exact) mass is 317 g/mol. The van der Waals surface area contributed by atoms with Crippen molar-refractivity contribution in [2.45, 2.75) is 38.8 Å². The molecule has 0 aliphatic carbocycles. The van der Waals surface area contributed by atoms with Crippen molar-refractivity contribution in [2.24, 2.45) is 5.73 Å². The third kappa shape index (κ3) is 4.79. The summed E-state index contributed by atoms with van der Waals surface area (Å²) in [5.41, 5.74) is 7.34. The number of benzene rings is 1. The molecule has 0 aliphatic heterocycles. The van der Waals surface area contributed by atoms with E-state index in [4.69, 9.17) is 10.3 Å². The molecule has 2 rings (SSSR count). The van der Waals surface area contributed by atoms with Gasteiger partial charge in [-0.15, -0.1) is 0 Å². The van der Waals surface area contributed by atoms with Gasteiger partial charge in [-0.25, -0.2) is 4.79 Å². The van der Waals surface area contributed by atoms with Gasteiger partial charge in [-0.1, -0.05) is 29.4 Å². The molecule has 2 unspecified atom stereocenters. The van der Waals surface area contributed by atoms with Crippen LogP contribution in [0.3, 0.4) is 0 Å². The van der Waals surface area contributed by atoms with E-state index in [-0.39, 0.29) is 12.1 Å². The first kappa shape index (κ1) is 17.0. The summed E-state index contributed by atoms with van der Waals surface area (Å²) in [7, 11) is 1.89. The van der Waals surface area contributed by atoms with Crippen LogP contribution < -0.4 is 16.4 Å². The third-order valence-corrected chi connectivity index (χ3v) is 3.75. The van der Waals surface area contributed by atoms with Gasteiger partial charge < -0.3 is 20.9 Å². The molecule has 2 atom stereocenters. The molecule has 0 saturated carbocycles. The average molecular weight is 317 g/mol. The lowest BCUT2D eigenvalue weighted by atomic mass is 9.99. The van der Waals surface area contributed by atoms with E-state index in [1.54, 1.807) is 0 Å². The highest BCUT2D eigenvalue weighted by molar-refractivity contribution is 5.72. The molecule has 1 aromatic carbocycles. The van der Waals surface area contributed by atoms with Crippen molar-refractivity contribution in [1.29, 1.82) is 0 Å². The Kier molecular flexibility index (Phi) is 5.70. The molecule has 0 bridgehead atoms. The van der Waals surface area contributed by atoms with Gasteiger partial charge in [-0.2, -0.15) is 4.98 Å². The summed E-state index contributed by atoms with van der Waals surface area (Å²) in [5, 5.41) is 9.86. The molecule has 2 amide bonds. The number of rotatable bonds is 7. The summed E-state index contributed by atoms with van der Waals surface area (Å²) in [5.74, 6) is 1.12. The summed E-state index contributed by atoms with van der Waals surface area (Å²) >= 11 is 0. The van der Waals surface area contributed by atoms with E-state index in [1.807, 2.05) is 45.2 Å². The topological polar surface area (TPSA) is 106 Å². The predicted molar refractivity (Wildman–Crippen MR) is 86.9 cm³/mol. The van der Waals surface area contributed by atoms with Crippen molar-refractivity contribution in [3.05, 3.63) is 47.1 Å². The van der Waals surface area contributed by atoms with Crippen LogP contribution in [0.4, 0.5) is 4.79 Å². The fourth-order valence-electron chi connectivity index (χ4n) is 2.39. The van der Waals surface area contributed by atoms with Gasteiger partial charge in [0.05, 0.1) is 12.5 Å². The first-order valence-corrected chi connectivity index (χ1v) is 7.59. The number of nitrogens with zero attached hydrogens (tertiary/aromatic N) is 2. The van der Waals surface area contributed by atoms with Crippen molar-refractivity contribution in [3.8, 4) is 0 Å². The van der Waals surface area contributed by atoms with Gasteiger partial charge in [-0.3, -0.25) is 0 Å². The molecule has 1 aromatic heterocycles. The maximum atomic E-state index is 11.3. The van der Waals surface area contributed by atoms with Gasteiger partial charge >= 0.3 is 6.03 Å². The van der Waals surface area contributed by atoms with Crippen molar-refractivity contribution in [2.75, 3.05) is 7.05 Å². The Balaban J connectivity index is 2.15. The molecular formula is C16H23N5O2. The maximum absolute atomic E-state index is 11.3. The van der Waals surface area contributed by atoms with E-state index < -0.39 is 6.03 Å². The number of nitrogens with one attached hydrogen (secondary N) is 2. The van der Waals surface area contributed by atoms with Crippen molar-refractivity contribution >= 4 is 6.03 Å². The molecular weight excluding hydrogens is 294 g/mol. The molecule has 7 nitrogen and oxygen atoms in total. The fourth-order valence-corrected chi connectivity index (χ4v) is 2.39. The van der Waals surface area contributed by atoms with Gasteiger partial charge in [0.25, 0.3) is 0 Å². The lowest BCUT2D eigenvalue weighted by Gasteiger charge is -2.18. The Morgan fingerprint density at radius 1 is 1.35 bits per heavy atom. The zero-order valence-electron chi connectivity index (χ0n) is 13.7. The van der Waals surface area contributed by atoms with E-state index in [0.29, 0.717) is 24.6 Å². The summed E-state index contributed by atoms with van der Waals surface area (Å²) in [4.78, 5) is 15.7. The first-order chi connectivity index (χ1) is 11.0. The fraction of sp³-hybridized carbons (Fsp3) is 0.438. The van der Waals surface area contributed by atoms with Crippen LogP contribution in [0, 0.1) is 6.92 Å². The molecule has 1 heterocycles. The van der Waals surface area contributed by atoms with E-state index in [9.17, 15) is 4.79 Å². The van der Waals surface area contributed by atoms with Gasteiger partial charge in [-0.05, 0) is 32.0 Å². The van der Waals surface area contributed by atoms with Crippen LogP contribution in [-0.4, -0.2) is 29.3 Å². The Morgan fingerprint density at radius 3 is 2.74 bits per heavy atom. The minimum absolute atomic E-state index is 0.261. The van der Waals surface area contributed by atoms with Gasteiger partial charge in [0.2, 0.25) is 5.89 Å². The number of carbonyl (C=O) groups is 1. The molecule has 124 valence electrons. The molecule has 2 aromatic rings. The molecule has 0 saturated heterocycles. The van der Waals surface area contributed by atoms with E-state index in [2.05, 4.69) is 20.8 Å². The van der Waals surface area contributed by atoms with E-state index in [1.165, 1.54) is 0 Å². The molecule has 0 fully saturated rings. The summed E-state index contributed by atoms with van der Waals surface area (Å²) in [6.07, 6.45) is 1.08. The third-order valence-electron chi connectivity index (χ3n) is 3.75. The van der Waals surface area contributed by atoms with Crippen molar-refractivity contribution in [3.63, 3.8) is 0 Å². The second-order valence-corrected chi connectivity index (χ2v) is 5.62. The van der Waals surface area contributed by atoms with E-state index >= 15 is 0 Å². The van der Waals surface area contributed by atoms with Gasteiger partial charge in [0.15, 0.2) is 5.82 Å². The van der Waals surface area contributed by atoms with Crippen LogP contribution >= 0.6 is 0 Å². The number of urea groups is 1.